The second-order valence-corrected chi connectivity index (χ2v) is 5.85. The SMILES string of the molecule is Cc1ccnc(CSC2=Nc3ccccc3C2)c1C. The van der Waals surface area contributed by atoms with Gasteiger partial charge in [0.1, 0.15) is 0 Å². The van der Waals surface area contributed by atoms with E-state index in [0.29, 0.717) is 0 Å². The molecular formula is C16H16N2S. The number of pyridine rings is 1. The van der Waals surface area contributed by atoms with Crippen molar-refractivity contribution in [2.24, 2.45) is 4.99 Å². The largest absolute Gasteiger partial charge is 0.260 e. The third kappa shape index (κ3) is 2.56. The van der Waals surface area contributed by atoms with Crippen molar-refractivity contribution < 1.29 is 0 Å². The summed E-state index contributed by atoms with van der Waals surface area (Å²) in [5.74, 6) is 0.903. The van der Waals surface area contributed by atoms with Crippen molar-refractivity contribution in [2.75, 3.05) is 0 Å². The molecule has 2 nitrogen and oxygen atoms in total. The van der Waals surface area contributed by atoms with Gasteiger partial charge in [-0.25, -0.2) is 4.99 Å². The van der Waals surface area contributed by atoms with Crippen molar-refractivity contribution in [1.29, 1.82) is 0 Å². The summed E-state index contributed by atoms with van der Waals surface area (Å²) in [6.07, 6.45) is 2.86. The summed E-state index contributed by atoms with van der Waals surface area (Å²) in [4.78, 5) is 9.14. The van der Waals surface area contributed by atoms with Crippen LogP contribution in [0.3, 0.4) is 0 Å². The lowest BCUT2D eigenvalue weighted by molar-refractivity contribution is 1.10. The fraction of sp³-hybridized carbons (Fsp3) is 0.250. The second kappa shape index (κ2) is 5.17. The van der Waals surface area contributed by atoms with Gasteiger partial charge in [0, 0.05) is 18.4 Å². The molecule has 0 bridgehead atoms. The van der Waals surface area contributed by atoms with Gasteiger partial charge in [-0.05, 0) is 42.7 Å². The second-order valence-electron chi connectivity index (χ2n) is 4.80. The number of benzene rings is 1. The van der Waals surface area contributed by atoms with E-state index < -0.39 is 0 Å². The predicted octanol–water partition coefficient (Wildman–Crippen LogP) is 4.22. The van der Waals surface area contributed by atoms with Crippen molar-refractivity contribution in [1.82, 2.24) is 4.98 Å². The highest BCUT2D eigenvalue weighted by Gasteiger charge is 2.14. The number of hydrogen-bond acceptors (Lipinski definition) is 3. The molecule has 0 saturated carbocycles. The molecule has 3 rings (SSSR count). The van der Waals surface area contributed by atoms with E-state index in [1.54, 1.807) is 11.8 Å². The molecule has 3 heteroatoms. The fourth-order valence-corrected chi connectivity index (χ4v) is 3.19. The topological polar surface area (TPSA) is 25.2 Å². The van der Waals surface area contributed by atoms with Gasteiger partial charge in [-0.2, -0.15) is 0 Å². The first-order chi connectivity index (χ1) is 9.24. The van der Waals surface area contributed by atoms with Crippen LogP contribution in [0.15, 0.2) is 41.5 Å². The van der Waals surface area contributed by atoms with E-state index in [1.165, 1.54) is 27.4 Å². The monoisotopic (exact) mass is 268 g/mol. The maximum Gasteiger partial charge on any atom is 0.0787 e. The molecule has 0 saturated heterocycles. The number of nitrogens with zero attached hydrogens (tertiary/aromatic N) is 2. The van der Waals surface area contributed by atoms with Gasteiger partial charge >= 0.3 is 0 Å². The lowest BCUT2D eigenvalue weighted by atomic mass is 10.1. The summed E-state index contributed by atoms with van der Waals surface area (Å²) in [5, 5.41) is 1.20. The molecule has 1 aliphatic rings. The van der Waals surface area contributed by atoms with Crippen LogP contribution in [0.2, 0.25) is 0 Å². The molecule has 1 aliphatic heterocycles. The average Bonchev–Trinajstić information content (AvgIpc) is 2.83. The minimum absolute atomic E-state index is 0.903. The summed E-state index contributed by atoms with van der Waals surface area (Å²) in [6, 6.07) is 10.4. The van der Waals surface area contributed by atoms with Gasteiger partial charge in [-0.1, -0.05) is 18.2 Å². The Hall–Kier alpha value is -1.61. The van der Waals surface area contributed by atoms with Crippen LogP contribution in [0.1, 0.15) is 22.4 Å². The van der Waals surface area contributed by atoms with Crippen LogP contribution in [0.25, 0.3) is 0 Å². The Bertz CT molecular complexity index is 647. The van der Waals surface area contributed by atoms with Gasteiger partial charge in [0.15, 0.2) is 0 Å². The maximum atomic E-state index is 4.67. The Balaban J connectivity index is 1.70. The number of fused-ring (bicyclic) bond motifs is 1. The van der Waals surface area contributed by atoms with Gasteiger partial charge < -0.3 is 0 Å². The van der Waals surface area contributed by atoms with E-state index >= 15 is 0 Å². The molecule has 0 atom stereocenters. The van der Waals surface area contributed by atoms with Crippen molar-refractivity contribution in [3.05, 3.63) is 58.9 Å². The summed E-state index contributed by atoms with van der Waals surface area (Å²) in [6.45, 7) is 4.28. The van der Waals surface area contributed by atoms with Crippen molar-refractivity contribution >= 4 is 22.5 Å². The highest BCUT2D eigenvalue weighted by atomic mass is 32.2. The van der Waals surface area contributed by atoms with E-state index in [2.05, 4.69) is 48.1 Å². The average molecular weight is 268 g/mol. The number of aliphatic imine (C=N–C) groups is 1. The molecule has 0 unspecified atom stereocenters. The standard InChI is InChI=1S/C16H16N2S/c1-11-7-8-17-15(12(11)2)10-19-16-9-13-5-3-4-6-14(13)18-16/h3-8H,9-10H2,1-2H3. The van der Waals surface area contributed by atoms with E-state index in [9.17, 15) is 0 Å². The van der Waals surface area contributed by atoms with E-state index in [0.717, 1.165) is 17.9 Å². The van der Waals surface area contributed by atoms with E-state index in [1.807, 2.05) is 12.3 Å². The Morgan fingerprint density at radius 2 is 2.00 bits per heavy atom. The van der Waals surface area contributed by atoms with Crippen LogP contribution in [0.5, 0.6) is 0 Å². The number of hydrogen-bond donors (Lipinski definition) is 0. The van der Waals surface area contributed by atoms with E-state index in [4.69, 9.17) is 0 Å². The van der Waals surface area contributed by atoms with Crippen LogP contribution >= 0.6 is 11.8 Å². The van der Waals surface area contributed by atoms with Crippen LogP contribution in [-0.4, -0.2) is 10.0 Å². The number of aromatic nitrogens is 1. The first-order valence-electron chi connectivity index (χ1n) is 6.43. The molecule has 0 aliphatic carbocycles. The van der Waals surface area contributed by atoms with Crippen LogP contribution in [0.4, 0.5) is 5.69 Å². The molecule has 0 amide bonds. The Morgan fingerprint density at radius 1 is 1.16 bits per heavy atom. The quantitative estimate of drug-likeness (QED) is 0.815. The molecule has 2 heterocycles. The van der Waals surface area contributed by atoms with E-state index in [-0.39, 0.29) is 0 Å². The van der Waals surface area contributed by atoms with Crippen molar-refractivity contribution in [2.45, 2.75) is 26.0 Å². The molecule has 1 aromatic carbocycles. The number of rotatable bonds is 2. The Labute approximate surface area is 118 Å². The van der Waals surface area contributed by atoms with Gasteiger partial charge in [-0.3, -0.25) is 4.98 Å². The van der Waals surface area contributed by atoms with Crippen LogP contribution < -0.4 is 0 Å². The highest BCUT2D eigenvalue weighted by Crippen LogP contribution is 2.31. The third-order valence-corrected chi connectivity index (χ3v) is 4.52. The molecular weight excluding hydrogens is 252 g/mol. The summed E-state index contributed by atoms with van der Waals surface area (Å²) in [5.41, 5.74) is 6.23. The zero-order valence-electron chi connectivity index (χ0n) is 11.2. The number of thioether (sulfide) groups is 1. The van der Waals surface area contributed by atoms with Gasteiger partial charge in [0.25, 0.3) is 0 Å². The van der Waals surface area contributed by atoms with Gasteiger partial charge in [0.05, 0.1) is 16.4 Å². The molecule has 96 valence electrons. The normalized spacial score (nSPS) is 13.3. The predicted molar refractivity (Wildman–Crippen MR) is 82.2 cm³/mol. The van der Waals surface area contributed by atoms with Gasteiger partial charge in [0.2, 0.25) is 0 Å². The number of aryl methyl sites for hydroxylation is 1. The maximum absolute atomic E-state index is 4.67. The summed E-state index contributed by atoms with van der Waals surface area (Å²) in [7, 11) is 0. The molecule has 0 spiro atoms. The van der Waals surface area contributed by atoms with Gasteiger partial charge in [-0.15, -0.1) is 11.8 Å². The summed E-state index contributed by atoms with van der Waals surface area (Å²) < 4.78 is 0. The lowest BCUT2D eigenvalue weighted by Gasteiger charge is -2.06. The van der Waals surface area contributed by atoms with Crippen LogP contribution in [0, 0.1) is 13.8 Å². The molecule has 0 N–H and O–H groups in total. The smallest absolute Gasteiger partial charge is 0.0787 e. The zero-order chi connectivity index (χ0) is 13.2. The minimum Gasteiger partial charge on any atom is -0.260 e. The molecule has 2 aromatic rings. The molecule has 0 radical (unpaired) electrons. The molecule has 0 fully saturated rings. The van der Waals surface area contributed by atoms with Crippen molar-refractivity contribution in [3.63, 3.8) is 0 Å². The lowest BCUT2D eigenvalue weighted by Crippen LogP contribution is -1.98. The first-order valence-corrected chi connectivity index (χ1v) is 7.42. The number of para-hydroxylation sites is 1. The zero-order valence-corrected chi connectivity index (χ0v) is 12.0. The summed E-state index contributed by atoms with van der Waals surface area (Å²) >= 11 is 1.80. The molecule has 19 heavy (non-hydrogen) atoms. The highest BCUT2D eigenvalue weighted by molar-refractivity contribution is 8.13. The first kappa shape index (κ1) is 12.4. The third-order valence-electron chi connectivity index (χ3n) is 3.53. The minimum atomic E-state index is 0.903. The van der Waals surface area contributed by atoms with Crippen LogP contribution in [-0.2, 0) is 12.2 Å². The van der Waals surface area contributed by atoms with Crippen molar-refractivity contribution in [3.8, 4) is 0 Å². The molecule has 1 aromatic heterocycles. The fourth-order valence-electron chi connectivity index (χ4n) is 2.18. The Morgan fingerprint density at radius 3 is 2.84 bits per heavy atom. The Kier molecular flexibility index (Phi) is 3.38.